The van der Waals surface area contributed by atoms with Crippen LogP contribution in [0.4, 0.5) is 17.5 Å². The highest BCUT2D eigenvalue weighted by molar-refractivity contribution is 6.31. The summed E-state index contributed by atoms with van der Waals surface area (Å²) in [5.41, 5.74) is 4.26. The number of hydrogen-bond donors (Lipinski definition) is 3. The molecular formula is C11H12ClN5. The molecule has 0 bridgehead atoms. The molecule has 4 N–H and O–H groups in total. The Bertz CT molecular complexity index is 529. The molecule has 0 saturated heterocycles. The standard InChI is InChI=1S/C11H12ClN5/c1-7-8(12)3-2-4-9(7)15-10-5-6-14-11(16-10)17-13/h2-6H,13H2,1H3,(H2,14,15,16,17). The Labute approximate surface area is 104 Å². The second-order valence-corrected chi connectivity index (χ2v) is 3.85. The number of aromatic nitrogens is 2. The van der Waals surface area contributed by atoms with Gasteiger partial charge in [-0.25, -0.2) is 10.8 Å². The first-order chi connectivity index (χ1) is 8.20. The fraction of sp³-hybridized carbons (Fsp3) is 0.0909. The minimum Gasteiger partial charge on any atom is -0.340 e. The van der Waals surface area contributed by atoms with Crippen LogP contribution in [0.15, 0.2) is 30.5 Å². The zero-order valence-electron chi connectivity index (χ0n) is 9.24. The van der Waals surface area contributed by atoms with Crippen LogP contribution in [0.1, 0.15) is 5.56 Å². The van der Waals surface area contributed by atoms with Gasteiger partial charge in [-0.15, -0.1) is 0 Å². The number of anilines is 3. The third-order valence-corrected chi connectivity index (χ3v) is 2.72. The summed E-state index contributed by atoms with van der Waals surface area (Å²) in [5, 5.41) is 3.87. The molecule has 0 atom stereocenters. The summed E-state index contributed by atoms with van der Waals surface area (Å²) in [5.74, 6) is 6.25. The molecule has 1 aromatic carbocycles. The van der Waals surface area contributed by atoms with E-state index in [1.807, 2.05) is 25.1 Å². The van der Waals surface area contributed by atoms with Gasteiger partial charge >= 0.3 is 0 Å². The van der Waals surface area contributed by atoms with Crippen LogP contribution in [0, 0.1) is 6.92 Å². The molecule has 0 amide bonds. The first-order valence-corrected chi connectivity index (χ1v) is 5.40. The maximum Gasteiger partial charge on any atom is 0.239 e. The van der Waals surface area contributed by atoms with E-state index in [-0.39, 0.29) is 0 Å². The van der Waals surface area contributed by atoms with Crippen molar-refractivity contribution < 1.29 is 0 Å². The summed E-state index contributed by atoms with van der Waals surface area (Å²) in [6.45, 7) is 1.94. The van der Waals surface area contributed by atoms with Gasteiger partial charge in [-0.3, -0.25) is 5.43 Å². The Morgan fingerprint density at radius 3 is 2.88 bits per heavy atom. The van der Waals surface area contributed by atoms with Gasteiger partial charge < -0.3 is 5.32 Å². The molecule has 0 unspecified atom stereocenters. The Hall–Kier alpha value is -1.85. The van der Waals surface area contributed by atoms with Crippen molar-refractivity contribution in [2.24, 2.45) is 5.84 Å². The number of nitrogen functional groups attached to an aromatic ring is 1. The summed E-state index contributed by atoms with van der Waals surface area (Å²) in [6, 6.07) is 7.40. The van der Waals surface area contributed by atoms with E-state index in [4.69, 9.17) is 17.4 Å². The molecule has 0 aliphatic carbocycles. The number of nitrogens with zero attached hydrogens (tertiary/aromatic N) is 2. The van der Waals surface area contributed by atoms with Crippen LogP contribution < -0.4 is 16.6 Å². The molecule has 6 heteroatoms. The van der Waals surface area contributed by atoms with Crippen molar-refractivity contribution in [2.75, 3.05) is 10.7 Å². The lowest BCUT2D eigenvalue weighted by Crippen LogP contribution is -2.10. The topological polar surface area (TPSA) is 75.9 Å². The summed E-state index contributed by atoms with van der Waals surface area (Å²) < 4.78 is 0. The molecule has 1 aromatic heterocycles. The lowest BCUT2D eigenvalue weighted by atomic mass is 10.2. The number of halogens is 1. The van der Waals surface area contributed by atoms with Crippen LogP contribution in [0.3, 0.4) is 0 Å². The van der Waals surface area contributed by atoms with Gasteiger partial charge in [0.05, 0.1) is 0 Å². The van der Waals surface area contributed by atoms with Crippen LogP contribution in [0.5, 0.6) is 0 Å². The third kappa shape index (κ3) is 2.64. The summed E-state index contributed by atoms with van der Waals surface area (Å²) in [7, 11) is 0. The molecule has 2 rings (SSSR count). The van der Waals surface area contributed by atoms with Crippen molar-refractivity contribution in [1.29, 1.82) is 0 Å². The van der Waals surface area contributed by atoms with Gasteiger partial charge in [0, 0.05) is 16.9 Å². The van der Waals surface area contributed by atoms with Crippen LogP contribution in [-0.2, 0) is 0 Å². The van der Waals surface area contributed by atoms with Gasteiger partial charge in [-0.1, -0.05) is 17.7 Å². The molecule has 5 nitrogen and oxygen atoms in total. The van der Waals surface area contributed by atoms with Crippen molar-refractivity contribution >= 4 is 29.1 Å². The van der Waals surface area contributed by atoms with E-state index in [1.54, 1.807) is 12.3 Å². The Morgan fingerprint density at radius 1 is 1.29 bits per heavy atom. The Kier molecular flexibility index (Phi) is 3.41. The van der Waals surface area contributed by atoms with E-state index >= 15 is 0 Å². The van der Waals surface area contributed by atoms with Crippen LogP contribution in [0.25, 0.3) is 0 Å². The summed E-state index contributed by atoms with van der Waals surface area (Å²) in [4.78, 5) is 8.08. The fourth-order valence-corrected chi connectivity index (χ4v) is 1.55. The van der Waals surface area contributed by atoms with E-state index in [0.717, 1.165) is 11.3 Å². The number of hydrogen-bond acceptors (Lipinski definition) is 5. The van der Waals surface area contributed by atoms with Crippen molar-refractivity contribution in [1.82, 2.24) is 9.97 Å². The maximum atomic E-state index is 6.03. The van der Waals surface area contributed by atoms with E-state index in [9.17, 15) is 0 Å². The van der Waals surface area contributed by atoms with Gasteiger partial charge in [0.2, 0.25) is 5.95 Å². The van der Waals surface area contributed by atoms with Gasteiger partial charge in [0.1, 0.15) is 5.82 Å². The summed E-state index contributed by atoms with van der Waals surface area (Å²) in [6.07, 6.45) is 1.62. The molecule has 0 aliphatic rings. The van der Waals surface area contributed by atoms with Crippen molar-refractivity contribution in [2.45, 2.75) is 6.92 Å². The maximum absolute atomic E-state index is 6.03. The number of nitrogens with two attached hydrogens (primary N) is 1. The van der Waals surface area contributed by atoms with Gasteiger partial charge in [0.15, 0.2) is 0 Å². The van der Waals surface area contributed by atoms with Gasteiger partial charge in [-0.2, -0.15) is 4.98 Å². The van der Waals surface area contributed by atoms with Crippen molar-refractivity contribution in [3.8, 4) is 0 Å². The van der Waals surface area contributed by atoms with E-state index in [2.05, 4.69) is 20.7 Å². The number of rotatable bonds is 3. The Morgan fingerprint density at radius 2 is 2.12 bits per heavy atom. The third-order valence-electron chi connectivity index (χ3n) is 2.32. The molecule has 0 spiro atoms. The second-order valence-electron chi connectivity index (χ2n) is 3.45. The van der Waals surface area contributed by atoms with Crippen LogP contribution in [0.2, 0.25) is 5.02 Å². The minimum atomic E-state index is 0.356. The highest BCUT2D eigenvalue weighted by atomic mass is 35.5. The predicted molar refractivity (Wildman–Crippen MR) is 69.3 cm³/mol. The fourth-order valence-electron chi connectivity index (χ4n) is 1.38. The lowest BCUT2D eigenvalue weighted by molar-refractivity contribution is 1.12. The quantitative estimate of drug-likeness (QED) is 0.576. The molecule has 0 radical (unpaired) electrons. The lowest BCUT2D eigenvalue weighted by Gasteiger charge is -2.10. The van der Waals surface area contributed by atoms with E-state index in [0.29, 0.717) is 16.8 Å². The molecular weight excluding hydrogens is 238 g/mol. The van der Waals surface area contributed by atoms with Gasteiger partial charge in [-0.05, 0) is 30.7 Å². The summed E-state index contributed by atoms with van der Waals surface area (Å²) >= 11 is 6.03. The highest BCUT2D eigenvalue weighted by Gasteiger charge is 2.03. The normalized spacial score (nSPS) is 10.1. The molecule has 1 heterocycles. The molecule has 88 valence electrons. The SMILES string of the molecule is Cc1c(Cl)cccc1Nc1ccnc(NN)n1. The zero-order chi connectivity index (χ0) is 12.3. The van der Waals surface area contributed by atoms with E-state index in [1.165, 1.54) is 0 Å². The first-order valence-electron chi connectivity index (χ1n) is 5.02. The number of nitrogens with one attached hydrogen (secondary N) is 2. The van der Waals surface area contributed by atoms with Crippen LogP contribution >= 0.6 is 11.6 Å². The molecule has 0 saturated carbocycles. The van der Waals surface area contributed by atoms with Crippen LogP contribution in [-0.4, -0.2) is 9.97 Å². The number of hydrazine groups is 1. The largest absolute Gasteiger partial charge is 0.340 e. The Balaban J connectivity index is 2.28. The predicted octanol–water partition coefficient (Wildman–Crippen LogP) is 2.47. The van der Waals surface area contributed by atoms with Crippen molar-refractivity contribution in [3.05, 3.63) is 41.0 Å². The molecule has 2 aromatic rings. The second kappa shape index (κ2) is 4.99. The van der Waals surface area contributed by atoms with Crippen molar-refractivity contribution in [3.63, 3.8) is 0 Å². The molecule has 0 aliphatic heterocycles. The first kappa shape index (κ1) is 11.6. The highest BCUT2D eigenvalue weighted by Crippen LogP contribution is 2.25. The van der Waals surface area contributed by atoms with E-state index < -0.39 is 0 Å². The number of benzene rings is 1. The monoisotopic (exact) mass is 249 g/mol. The smallest absolute Gasteiger partial charge is 0.239 e. The minimum absolute atomic E-state index is 0.356. The average Bonchev–Trinajstić information content (AvgIpc) is 2.35. The van der Waals surface area contributed by atoms with Gasteiger partial charge in [0.25, 0.3) is 0 Å². The molecule has 17 heavy (non-hydrogen) atoms. The average molecular weight is 250 g/mol. The zero-order valence-corrected chi connectivity index (χ0v) is 9.99. The molecule has 0 fully saturated rings.